The van der Waals surface area contributed by atoms with Crippen LogP contribution < -0.4 is 5.32 Å². The van der Waals surface area contributed by atoms with Gasteiger partial charge in [-0.05, 0) is 46.3 Å². The zero-order valence-electron chi connectivity index (χ0n) is 11.8. The Hall–Kier alpha value is -1.08. The van der Waals surface area contributed by atoms with E-state index in [4.69, 9.17) is 0 Å². The number of aliphatic carboxylic acids is 1. The molecule has 20 heavy (non-hydrogen) atoms. The number of hydrogen-bond acceptors (Lipinski definition) is 3. The van der Waals surface area contributed by atoms with Gasteiger partial charge in [0.05, 0.1) is 3.79 Å². The molecule has 0 aliphatic rings. The number of nitrogens with one attached hydrogen (secondary N) is 1. The molecule has 1 aromatic heterocycles. The van der Waals surface area contributed by atoms with Gasteiger partial charge in [-0.2, -0.15) is 0 Å². The lowest BCUT2D eigenvalue weighted by molar-refractivity contribution is -0.144. The molecular formula is C13H19BrN2O3S. The van der Waals surface area contributed by atoms with Gasteiger partial charge in [0.25, 0.3) is 0 Å². The fraction of sp³-hybridized carbons (Fsp3) is 0.538. The van der Waals surface area contributed by atoms with Gasteiger partial charge in [-0.25, -0.2) is 9.59 Å². The minimum atomic E-state index is -1.23. The third-order valence-corrected chi connectivity index (χ3v) is 4.55. The van der Waals surface area contributed by atoms with Crippen LogP contribution in [0.4, 0.5) is 4.79 Å². The number of amides is 2. The second-order valence-electron chi connectivity index (χ2n) is 4.93. The standard InChI is InChI=1S/C13H19BrN2O3S/c1-4-5-13(2,11(17)18)15-12(19)16(3)7-9-6-10(14)20-8-9/h6,8H,4-5,7H2,1-3H3,(H,15,19)(H,17,18). The van der Waals surface area contributed by atoms with Gasteiger partial charge in [-0.15, -0.1) is 11.3 Å². The van der Waals surface area contributed by atoms with E-state index < -0.39 is 11.5 Å². The van der Waals surface area contributed by atoms with Crippen molar-refractivity contribution in [1.29, 1.82) is 0 Å². The molecular weight excluding hydrogens is 344 g/mol. The van der Waals surface area contributed by atoms with Gasteiger partial charge in [-0.1, -0.05) is 13.3 Å². The van der Waals surface area contributed by atoms with E-state index in [1.165, 1.54) is 11.8 Å². The van der Waals surface area contributed by atoms with Crippen molar-refractivity contribution in [1.82, 2.24) is 10.2 Å². The van der Waals surface area contributed by atoms with Crippen molar-refractivity contribution in [2.45, 2.75) is 38.8 Å². The maximum atomic E-state index is 12.1. The summed E-state index contributed by atoms with van der Waals surface area (Å²) in [5.41, 5.74) is -0.220. The van der Waals surface area contributed by atoms with E-state index in [0.717, 1.165) is 9.35 Å². The third kappa shape index (κ3) is 4.49. The Morgan fingerprint density at radius 1 is 1.55 bits per heavy atom. The Labute approximate surface area is 131 Å². The quantitative estimate of drug-likeness (QED) is 0.815. The fourth-order valence-corrected chi connectivity index (χ4v) is 3.03. The van der Waals surface area contributed by atoms with Crippen LogP contribution in [0.3, 0.4) is 0 Å². The monoisotopic (exact) mass is 362 g/mol. The molecule has 0 radical (unpaired) electrons. The molecule has 0 fully saturated rings. The maximum absolute atomic E-state index is 12.1. The second-order valence-corrected chi connectivity index (χ2v) is 7.22. The molecule has 0 aliphatic heterocycles. The summed E-state index contributed by atoms with van der Waals surface area (Å²) in [6.45, 7) is 3.86. The van der Waals surface area contributed by atoms with Crippen molar-refractivity contribution >= 4 is 39.3 Å². The van der Waals surface area contributed by atoms with Gasteiger partial charge in [0.2, 0.25) is 0 Å². The van der Waals surface area contributed by atoms with Gasteiger partial charge in [0.1, 0.15) is 5.54 Å². The first kappa shape index (κ1) is 17.0. The summed E-state index contributed by atoms with van der Waals surface area (Å²) in [6, 6.07) is 1.56. The van der Waals surface area contributed by atoms with Crippen LogP contribution in [0, 0.1) is 0 Å². The number of thiophene rings is 1. The SMILES string of the molecule is CCCC(C)(NC(=O)N(C)Cc1csc(Br)c1)C(=O)O. The van der Waals surface area contributed by atoms with Crippen LogP contribution in [0.2, 0.25) is 0 Å². The van der Waals surface area contributed by atoms with Gasteiger partial charge >= 0.3 is 12.0 Å². The Bertz CT molecular complexity index is 492. The first-order valence-electron chi connectivity index (χ1n) is 6.28. The summed E-state index contributed by atoms with van der Waals surface area (Å²) in [4.78, 5) is 24.9. The molecule has 1 aromatic rings. The highest BCUT2D eigenvalue weighted by Gasteiger charge is 2.34. The molecule has 1 atom stereocenters. The van der Waals surface area contributed by atoms with Gasteiger partial charge in [-0.3, -0.25) is 0 Å². The van der Waals surface area contributed by atoms with Crippen LogP contribution in [0.25, 0.3) is 0 Å². The summed E-state index contributed by atoms with van der Waals surface area (Å²) in [7, 11) is 1.65. The van der Waals surface area contributed by atoms with Crippen LogP contribution in [0.5, 0.6) is 0 Å². The third-order valence-electron chi connectivity index (χ3n) is 2.99. The predicted octanol–water partition coefficient (Wildman–Crippen LogP) is 3.30. The van der Waals surface area contributed by atoms with Crippen molar-refractivity contribution < 1.29 is 14.7 Å². The number of nitrogens with zero attached hydrogens (tertiary/aromatic N) is 1. The number of carboxylic acids is 1. The molecule has 1 unspecified atom stereocenters. The van der Waals surface area contributed by atoms with E-state index in [1.54, 1.807) is 18.4 Å². The minimum absolute atomic E-state index is 0.384. The summed E-state index contributed by atoms with van der Waals surface area (Å²) in [5.74, 6) is -1.01. The molecule has 5 nitrogen and oxygen atoms in total. The zero-order valence-corrected chi connectivity index (χ0v) is 14.2. The molecule has 2 amide bonds. The summed E-state index contributed by atoms with van der Waals surface area (Å²) in [6.07, 6.45) is 1.08. The highest BCUT2D eigenvalue weighted by Crippen LogP contribution is 2.21. The first-order chi connectivity index (χ1) is 9.28. The topological polar surface area (TPSA) is 69.6 Å². The minimum Gasteiger partial charge on any atom is -0.480 e. The van der Waals surface area contributed by atoms with Crippen molar-refractivity contribution in [3.8, 4) is 0 Å². The molecule has 7 heteroatoms. The summed E-state index contributed by atoms with van der Waals surface area (Å²) >= 11 is 4.92. The average Bonchev–Trinajstić information content (AvgIpc) is 2.74. The van der Waals surface area contributed by atoms with Crippen LogP contribution in [0.1, 0.15) is 32.3 Å². The number of urea groups is 1. The zero-order chi connectivity index (χ0) is 15.3. The van der Waals surface area contributed by atoms with E-state index in [1.807, 2.05) is 18.4 Å². The van der Waals surface area contributed by atoms with E-state index >= 15 is 0 Å². The lowest BCUT2D eigenvalue weighted by Crippen LogP contribution is -2.55. The van der Waals surface area contributed by atoms with E-state index in [-0.39, 0.29) is 6.03 Å². The molecule has 0 saturated carbocycles. The molecule has 112 valence electrons. The fourth-order valence-electron chi connectivity index (χ4n) is 1.83. The molecule has 0 spiro atoms. The molecule has 0 aliphatic carbocycles. The van der Waals surface area contributed by atoms with Crippen molar-refractivity contribution in [3.63, 3.8) is 0 Å². The number of carboxylic acid groups (broad SMARTS) is 1. The Morgan fingerprint density at radius 2 is 2.20 bits per heavy atom. The average molecular weight is 363 g/mol. The Balaban J connectivity index is 2.66. The van der Waals surface area contributed by atoms with Crippen LogP contribution >= 0.6 is 27.3 Å². The Kier molecular flexibility index (Phi) is 6.01. The van der Waals surface area contributed by atoms with Gasteiger partial charge in [0.15, 0.2) is 0 Å². The van der Waals surface area contributed by atoms with E-state index in [2.05, 4.69) is 21.2 Å². The largest absolute Gasteiger partial charge is 0.480 e. The predicted molar refractivity (Wildman–Crippen MR) is 83.0 cm³/mol. The molecule has 2 N–H and O–H groups in total. The molecule has 0 saturated heterocycles. The molecule has 0 bridgehead atoms. The van der Waals surface area contributed by atoms with E-state index in [9.17, 15) is 14.7 Å². The number of hydrogen-bond donors (Lipinski definition) is 2. The van der Waals surface area contributed by atoms with Crippen LogP contribution in [-0.4, -0.2) is 34.6 Å². The summed E-state index contributed by atoms with van der Waals surface area (Å²) < 4.78 is 1.00. The van der Waals surface area contributed by atoms with Crippen molar-refractivity contribution in [3.05, 3.63) is 20.8 Å². The first-order valence-corrected chi connectivity index (χ1v) is 7.95. The maximum Gasteiger partial charge on any atom is 0.329 e. The Morgan fingerprint density at radius 3 is 2.65 bits per heavy atom. The number of halogens is 1. The van der Waals surface area contributed by atoms with Crippen LogP contribution in [-0.2, 0) is 11.3 Å². The summed E-state index contributed by atoms with van der Waals surface area (Å²) in [5, 5.41) is 13.8. The smallest absolute Gasteiger partial charge is 0.329 e. The lowest BCUT2D eigenvalue weighted by atomic mass is 9.96. The molecule has 0 aromatic carbocycles. The van der Waals surface area contributed by atoms with Crippen molar-refractivity contribution in [2.24, 2.45) is 0 Å². The lowest BCUT2D eigenvalue weighted by Gasteiger charge is -2.28. The normalized spacial score (nSPS) is 13.6. The number of carbonyl (C=O) groups is 2. The van der Waals surface area contributed by atoms with Crippen molar-refractivity contribution in [2.75, 3.05) is 7.05 Å². The van der Waals surface area contributed by atoms with Crippen LogP contribution in [0.15, 0.2) is 15.2 Å². The number of rotatable bonds is 6. The van der Waals surface area contributed by atoms with E-state index in [0.29, 0.717) is 19.4 Å². The second kappa shape index (κ2) is 7.08. The molecule has 1 rings (SSSR count). The van der Waals surface area contributed by atoms with Gasteiger partial charge < -0.3 is 15.3 Å². The van der Waals surface area contributed by atoms with Gasteiger partial charge in [0, 0.05) is 13.6 Å². The highest BCUT2D eigenvalue weighted by atomic mass is 79.9. The number of carbonyl (C=O) groups excluding carboxylic acids is 1. The molecule has 1 heterocycles. The highest BCUT2D eigenvalue weighted by molar-refractivity contribution is 9.11.